The number of nitrogens with one attached hydrogen (secondary N) is 1. The Balaban J connectivity index is 1.03. The molecule has 198 valence electrons. The van der Waals surface area contributed by atoms with Gasteiger partial charge in [0.1, 0.15) is 17.2 Å². The van der Waals surface area contributed by atoms with Gasteiger partial charge >= 0.3 is 6.09 Å². The quantitative estimate of drug-likeness (QED) is 0.287. The van der Waals surface area contributed by atoms with Gasteiger partial charge in [0.15, 0.2) is 0 Å². The molecule has 1 aliphatic heterocycles. The zero-order valence-electron chi connectivity index (χ0n) is 21.4. The summed E-state index contributed by atoms with van der Waals surface area (Å²) in [4.78, 5) is 30.8. The molecule has 39 heavy (non-hydrogen) atoms. The van der Waals surface area contributed by atoms with Gasteiger partial charge in [-0.25, -0.2) is 9.78 Å². The number of rotatable bonds is 8. The van der Waals surface area contributed by atoms with Gasteiger partial charge in [0.2, 0.25) is 5.88 Å². The third kappa shape index (κ3) is 7.35. The van der Waals surface area contributed by atoms with Crippen LogP contribution in [0.25, 0.3) is 0 Å². The Morgan fingerprint density at radius 2 is 1.46 bits per heavy atom. The van der Waals surface area contributed by atoms with E-state index in [-0.39, 0.29) is 12.0 Å². The van der Waals surface area contributed by atoms with E-state index >= 15 is 0 Å². The van der Waals surface area contributed by atoms with Crippen molar-refractivity contribution in [3.8, 4) is 23.1 Å². The molecule has 8 nitrogen and oxygen atoms in total. The van der Waals surface area contributed by atoms with Crippen molar-refractivity contribution in [3.63, 3.8) is 0 Å². The fraction of sp³-hybridized carbons (Fsp3) is 0.194. The molecular weight excluding hydrogens is 494 g/mol. The molecule has 8 heteroatoms. The predicted octanol–water partition coefficient (Wildman–Crippen LogP) is 6.42. The van der Waals surface area contributed by atoms with E-state index in [1.807, 2.05) is 54.6 Å². The molecule has 1 saturated heterocycles. The topological polar surface area (TPSA) is 90.0 Å². The first-order valence-corrected chi connectivity index (χ1v) is 12.9. The Labute approximate surface area is 227 Å². The summed E-state index contributed by atoms with van der Waals surface area (Å²) in [5.41, 5.74) is 1.20. The molecule has 1 aromatic heterocycles. The number of nitrogens with zero attached hydrogens (tertiary/aromatic N) is 2. The van der Waals surface area contributed by atoms with Crippen LogP contribution < -0.4 is 19.5 Å². The number of aromatic nitrogens is 1. The molecule has 0 aliphatic carbocycles. The van der Waals surface area contributed by atoms with Crippen molar-refractivity contribution in [1.82, 2.24) is 9.88 Å². The SMILES string of the molecule is O=C(Nc1ccc(OC(=O)N2CCC(COc3ccc(Oc4ccccn4)cc3)CC2)cc1)c1ccccc1. The molecule has 3 aromatic carbocycles. The van der Waals surface area contributed by atoms with Crippen LogP contribution in [-0.2, 0) is 0 Å². The first kappa shape index (κ1) is 25.8. The number of likely N-dealkylation sites (tertiary alicyclic amines) is 1. The molecule has 0 saturated carbocycles. The van der Waals surface area contributed by atoms with Gasteiger partial charge in [-0.2, -0.15) is 0 Å². The lowest BCUT2D eigenvalue weighted by atomic mass is 9.98. The predicted molar refractivity (Wildman–Crippen MR) is 147 cm³/mol. The lowest BCUT2D eigenvalue weighted by molar-refractivity contribution is 0.102. The summed E-state index contributed by atoms with van der Waals surface area (Å²) < 4.78 is 17.2. The van der Waals surface area contributed by atoms with Crippen molar-refractivity contribution < 1.29 is 23.8 Å². The number of ether oxygens (including phenoxy) is 3. The number of amides is 2. The van der Waals surface area contributed by atoms with E-state index in [1.54, 1.807) is 53.6 Å². The average molecular weight is 524 g/mol. The molecule has 0 bridgehead atoms. The Morgan fingerprint density at radius 1 is 0.795 bits per heavy atom. The molecule has 1 fully saturated rings. The first-order chi connectivity index (χ1) is 19.1. The van der Waals surface area contributed by atoms with Gasteiger partial charge in [0.25, 0.3) is 5.91 Å². The summed E-state index contributed by atoms with van der Waals surface area (Å²) in [6.45, 7) is 1.79. The van der Waals surface area contributed by atoms with E-state index in [2.05, 4.69) is 10.3 Å². The fourth-order valence-corrected chi connectivity index (χ4v) is 4.19. The van der Waals surface area contributed by atoms with Crippen LogP contribution in [0.4, 0.5) is 10.5 Å². The van der Waals surface area contributed by atoms with Gasteiger partial charge in [0.05, 0.1) is 6.61 Å². The number of carbonyl (C=O) groups excluding carboxylic acids is 2. The van der Waals surface area contributed by atoms with E-state index in [4.69, 9.17) is 14.2 Å². The van der Waals surface area contributed by atoms with Crippen LogP contribution in [0.1, 0.15) is 23.2 Å². The van der Waals surface area contributed by atoms with E-state index in [1.165, 1.54) is 0 Å². The summed E-state index contributed by atoms with van der Waals surface area (Å²) in [5.74, 6) is 2.59. The van der Waals surface area contributed by atoms with Crippen molar-refractivity contribution in [3.05, 3.63) is 109 Å². The van der Waals surface area contributed by atoms with Crippen LogP contribution >= 0.6 is 0 Å². The molecule has 0 atom stereocenters. The molecule has 1 N–H and O–H groups in total. The third-order valence-electron chi connectivity index (χ3n) is 6.40. The molecule has 2 amide bonds. The largest absolute Gasteiger partial charge is 0.493 e. The maximum Gasteiger partial charge on any atom is 0.415 e. The summed E-state index contributed by atoms with van der Waals surface area (Å²) in [6, 6.07) is 28.7. The van der Waals surface area contributed by atoms with Crippen molar-refractivity contribution in [1.29, 1.82) is 0 Å². The van der Waals surface area contributed by atoms with Gasteiger partial charge in [-0.1, -0.05) is 24.3 Å². The van der Waals surface area contributed by atoms with Gasteiger partial charge in [-0.3, -0.25) is 4.79 Å². The standard InChI is InChI=1S/C31H29N3O5/c35-30(24-6-2-1-3-7-24)33-25-9-11-28(12-10-25)39-31(36)34-20-17-23(18-21-34)22-37-26-13-15-27(16-14-26)38-29-8-4-5-19-32-29/h1-16,19,23H,17-18,20-22H2,(H,33,35). The number of hydrogen-bond donors (Lipinski definition) is 1. The van der Waals surface area contributed by atoms with Crippen molar-refractivity contribution in [2.45, 2.75) is 12.8 Å². The lowest BCUT2D eigenvalue weighted by Crippen LogP contribution is -2.41. The van der Waals surface area contributed by atoms with Crippen LogP contribution in [0.5, 0.6) is 23.1 Å². The zero-order valence-corrected chi connectivity index (χ0v) is 21.4. The highest BCUT2D eigenvalue weighted by Crippen LogP contribution is 2.25. The molecule has 1 aliphatic rings. The molecule has 0 unspecified atom stereocenters. The first-order valence-electron chi connectivity index (χ1n) is 12.9. The van der Waals surface area contributed by atoms with Gasteiger partial charge in [-0.15, -0.1) is 0 Å². The average Bonchev–Trinajstić information content (AvgIpc) is 2.99. The molecular formula is C31H29N3O5. The van der Waals surface area contributed by atoms with Gasteiger partial charge in [0, 0.05) is 36.6 Å². The molecule has 2 heterocycles. The van der Waals surface area contributed by atoms with E-state index in [9.17, 15) is 9.59 Å². The van der Waals surface area contributed by atoms with Crippen LogP contribution in [0.15, 0.2) is 103 Å². The number of piperidine rings is 1. The number of carbonyl (C=O) groups is 2. The summed E-state index contributed by atoms with van der Waals surface area (Å²) >= 11 is 0. The van der Waals surface area contributed by atoms with Crippen molar-refractivity contribution >= 4 is 17.7 Å². The van der Waals surface area contributed by atoms with E-state index in [0.717, 1.165) is 18.6 Å². The van der Waals surface area contributed by atoms with Gasteiger partial charge in [-0.05, 0) is 85.5 Å². The highest BCUT2D eigenvalue weighted by atomic mass is 16.6. The highest BCUT2D eigenvalue weighted by molar-refractivity contribution is 6.04. The van der Waals surface area contributed by atoms with Crippen LogP contribution in [-0.4, -0.2) is 41.6 Å². The number of anilines is 1. The molecule has 0 radical (unpaired) electrons. The second-order valence-electron chi connectivity index (χ2n) is 9.20. The minimum absolute atomic E-state index is 0.196. The van der Waals surface area contributed by atoms with Crippen molar-refractivity contribution in [2.24, 2.45) is 5.92 Å². The Hall–Kier alpha value is -4.85. The Morgan fingerprint density at radius 3 is 2.15 bits per heavy atom. The van der Waals surface area contributed by atoms with E-state index < -0.39 is 0 Å². The van der Waals surface area contributed by atoms with Crippen LogP contribution in [0.2, 0.25) is 0 Å². The minimum Gasteiger partial charge on any atom is -0.493 e. The number of hydrogen-bond acceptors (Lipinski definition) is 6. The van der Waals surface area contributed by atoms with E-state index in [0.29, 0.717) is 54.2 Å². The monoisotopic (exact) mass is 523 g/mol. The minimum atomic E-state index is -0.376. The normalized spacial score (nSPS) is 13.4. The molecule has 0 spiro atoms. The Kier molecular flexibility index (Phi) is 8.33. The van der Waals surface area contributed by atoms with Gasteiger partial charge < -0.3 is 24.4 Å². The second-order valence-corrected chi connectivity index (χ2v) is 9.20. The highest BCUT2D eigenvalue weighted by Gasteiger charge is 2.24. The lowest BCUT2D eigenvalue weighted by Gasteiger charge is -2.31. The maximum absolute atomic E-state index is 12.7. The summed E-state index contributed by atoms with van der Waals surface area (Å²) in [5, 5.41) is 2.83. The molecule has 5 rings (SSSR count). The smallest absolute Gasteiger partial charge is 0.415 e. The number of pyridine rings is 1. The number of benzene rings is 3. The second kappa shape index (κ2) is 12.6. The fourth-order valence-electron chi connectivity index (χ4n) is 4.19. The zero-order chi connectivity index (χ0) is 26.9. The van der Waals surface area contributed by atoms with Crippen molar-refractivity contribution in [2.75, 3.05) is 25.0 Å². The third-order valence-corrected chi connectivity index (χ3v) is 6.40. The Bertz CT molecular complexity index is 1360. The molecule has 4 aromatic rings. The summed E-state index contributed by atoms with van der Waals surface area (Å²) in [7, 11) is 0. The summed E-state index contributed by atoms with van der Waals surface area (Å²) in [6.07, 6.45) is 2.98. The maximum atomic E-state index is 12.7. The van der Waals surface area contributed by atoms with Crippen LogP contribution in [0.3, 0.4) is 0 Å². The van der Waals surface area contributed by atoms with Crippen LogP contribution in [0, 0.1) is 5.92 Å².